The summed E-state index contributed by atoms with van der Waals surface area (Å²) in [5, 5.41) is 12.7. The van der Waals surface area contributed by atoms with Gasteiger partial charge in [0.1, 0.15) is 5.75 Å². The van der Waals surface area contributed by atoms with Crippen LogP contribution in [0.3, 0.4) is 0 Å². The van der Waals surface area contributed by atoms with Gasteiger partial charge < -0.3 is 4.74 Å². The molecule has 1 aromatic heterocycles. The zero-order valence-electron chi connectivity index (χ0n) is 12.5. The van der Waals surface area contributed by atoms with E-state index in [-0.39, 0.29) is 6.42 Å². The van der Waals surface area contributed by atoms with Crippen LogP contribution < -0.4 is 4.74 Å². The molecule has 0 aliphatic rings. The molecule has 0 radical (unpaired) electrons. The molecule has 5 heteroatoms. The molecule has 0 spiro atoms. The van der Waals surface area contributed by atoms with Crippen LogP contribution in [0, 0.1) is 17.3 Å². The van der Waals surface area contributed by atoms with E-state index in [9.17, 15) is 4.39 Å². The first-order valence-corrected chi connectivity index (χ1v) is 7.07. The lowest BCUT2D eigenvalue weighted by atomic mass is 10.1. The fourth-order valence-corrected chi connectivity index (χ4v) is 2.35. The van der Waals surface area contributed by atoms with E-state index in [1.54, 1.807) is 19.2 Å². The van der Waals surface area contributed by atoms with E-state index in [4.69, 9.17) is 10.00 Å². The van der Waals surface area contributed by atoms with E-state index in [0.717, 1.165) is 16.9 Å². The number of ether oxygens (including phenoxy) is 1. The molecule has 3 rings (SSSR count). The molecule has 3 aromatic rings. The monoisotopic (exact) mass is 307 g/mol. The van der Waals surface area contributed by atoms with Crippen molar-refractivity contribution in [2.24, 2.45) is 0 Å². The van der Waals surface area contributed by atoms with Crippen LogP contribution in [0.4, 0.5) is 4.39 Å². The van der Waals surface area contributed by atoms with E-state index in [0.29, 0.717) is 11.3 Å². The van der Waals surface area contributed by atoms with Gasteiger partial charge in [0, 0.05) is 5.56 Å². The molecule has 0 N–H and O–H groups in total. The van der Waals surface area contributed by atoms with Crippen molar-refractivity contribution in [3.63, 3.8) is 0 Å². The van der Waals surface area contributed by atoms with Gasteiger partial charge in [0.15, 0.2) is 0 Å². The molecule has 0 saturated carbocycles. The van der Waals surface area contributed by atoms with Crippen molar-refractivity contribution in [1.82, 2.24) is 9.78 Å². The Labute approximate surface area is 133 Å². The largest absolute Gasteiger partial charge is 0.497 e. The zero-order chi connectivity index (χ0) is 16.2. The third kappa shape index (κ3) is 2.92. The average molecular weight is 307 g/mol. The highest BCUT2D eigenvalue weighted by atomic mass is 19.1. The van der Waals surface area contributed by atoms with Crippen LogP contribution in [0.2, 0.25) is 0 Å². The molecule has 0 unspecified atom stereocenters. The van der Waals surface area contributed by atoms with Gasteiger partial charge in [0.05, 0.1) is 31.5 Å². The molecule has 0 fully saturated rings. The molecule has 0 saturated heterocycles. The summed E-state index contributed by atoms with van der Waals surface area (Å²) in [6.07, 6.45) is 1.39. The number of benzene rings is 2. The smallest absolute Gasteiger partial charge is 0.220 e. The second kappa shape index (κ2) is 6.32. The molecule has 0 aliphatic carbocycles. The molecule has 114 valence electrons. The Morgan fingerprint density at radius 1 is 1.17 bits per heavy atom. The highest BCUT2D eigenvalue weighted by Gasteiger charge is 2.11. The van der Waals surface area contributed by atoms with Crippen molar-refractivity contribution in [2.75, 3.05) is 7.11 Å². The predicted molar refractivity (Wildman–Crippen MR) is 84.8 cm³/mol. The lowest BCUT2D eigenvalue weighted by Crippen LogP contribution is -2.00. The van der Waals surface area contributed by atoms with Gasteiger partial charge in [-0.1, -0.05) is 24.3 Å². The van der Waals surface area contributed by atoms with Gasteiger partial charge in [0.2, 0.25) is 5.95 Å². The summed E-state index contributed by atoms with van der Waals surface area (Å²) in [5.74, 6) is 0.284. The Morgan fingerprint density at radius 3 is 2.65 bits per heavy atom. The van der Waals surface area contributed by atoms with Gasteiger partial charge >= 0.3 is 0 Å². The number of hydrogen-bond acceptors (Lipinski definition) is 3. The minimum absolute atomic E-state index is 0.00767. The van der Waals surface area contributed by atoms with Crippen LogP contribution in [-0.4, -0.2) is 16.9 Å². The maximum atomic E-state index is 14.2. The number of hydrogen-bond donors (Lipinski definition) is 0. The minimum atomic E-state index is -0.499. The lowest BCUT2D eigenvalue weighted by Gasteiger charge is -2.07. The standard InChI is InChI=1S/C18H14FN3O/c1-23-17-4-2-3-14(11-17)13-5-7-16(8-6-13)22-18(19)15(9-10-20)12-21-22/h2-8,11-12H,9H2,1H3. The van der Waals surface area contributed by atoms with Gasteiger partial charge in [-0.3, -0.25) is 0 Å². The van der Waals surface area contributed by atoms with Crippen LogP contribution >= 0.6 is 0 Å². The highest BCUT2D eigenvalue weighted by Crippen LogP contribution is 2.25. The Kier molecular flexibility index (Phi) is 4.07. The van der Waals surface area contributed by atoms with E-state index in [1.165, 1.54) is 10.9 Å². The molecule has 2 aromatic carbocycles. The second-order valence-electron chi connectivity index (χ2n) is 4.99. The summed E-state index contributed by atoms with van der Waals surface area (Å²) in [6, 6.07) is 17.0. The number of nitrogens with zero attached hydrogens (tertiary/aromatic N) is 3. The van der Waals surface area contributed by atoms with Crippen LogP contribution in [0.15, 0.2) is 54.7 Å². The molecule has 0 atom stereocenters. The fourth-order valence-electron chi connectivity index (χ4n) is 2.35. The number of nitriles is 1. The molecular weight excluding hydrogens is 293 g/mol. The van der Waals surface area contributed by atoms with Crippen LogP contribution in [-0.2, 0) is 6.42 Å². The third-order valence-electron chi connectivity index (χ3n) is 3.56. The summed E-state index contributed by atoms with van der Waals surface area (Å²) in [4.78, 5) is 0. The van der Waals surface area contributed by atoms with Gasteiger partial charge in [-0.15, -0.1) is 0 Å². The van der Waals surface area contributed by atoms with Crippen molar-refractivity contribution in [3.8, 4) is 28.6 Å². The summed E-state index contributed by atoms with van der Waals surface area (Å²) >= 11 is 0. The Balaban J connectivity index is 1.92. The van der Waals surface area contributed by atoms with Crippen molar-refractivity contribution in [3.05, 3.63) is 66.2 Å². The summed E-state index contributed by atoms with van der Waals surface area (Å²) in [7, 11) is 1.63. The first kappa shape index (κ1) is 14.8. The van der Waals surface area contributed by atoms with E-state index in [2.05, 4.69) is 5.10 Å². The molecule has 0 bridgehead atoms. The zero-order valence-corrected chi connectivity index (χ0v) is 12.5. The normalized spacial score (nSPS) is 10.3. The van der Waals surface area contributed by atoms with Crippen molar-refractivity contribution in [1.29, 1.82) is 5.26 Å². The van der Waals surface area contributed by atoms with E-state index in [1.807, 2.05) is 42.5 Å². The number of methoxy groups -OCH3 is 1. The van der Waals surface area contributed by atoms with Gasteiger partial charge in [-0.2, -0.15) is 14.8 Å². The Bertz CT molecular complexity index is 863. The summed E-state index contributed by atoms with van der Waals surface area (Å²) < 4.78 is 20.6. The van der Waals surface area contributed by atoms with Crippen molar-refractivity contribution in [2.45, 2.75) is 6.42 Å². The van der Waals surface area contributed by atoms with Crippen LogP contribution in [0.25, 0.3) is 16.8 Å². The SMILES string of the molecule is COc1cccc(-c2ccc(-n3ncc(CC#N)c3F)cc2)c1. The highest BCUT2D eigenvalue weighted by molar-refractivity contribution is 5.66. The topological polar surface area (TPSA) is 50.8 Å². The second-order valence-corrected chi connectivity index (χ2v) is 4.99. The molecular formula is C18H14FN3O. The van der Waals surface area contributed by atoms with Gasteiger partial charge in [0.25, 0.3) is 0 Å². The number of aromatic nitrogens is 2. The minimum Gasteiger partial charge on any atom is -0.497 e. The Hall–Kier alpha value is -3.13. The Morgan fingerprint density at radius 2 is 1.96 bits per heavy atom. The van der Waals surface area contributed by atoms with Crippen LogP contribution in [0.1, 0.15) is 5.56 Å². The first-order valence-electron chi connectivity index (χ1n) is 7.07. The molecule has 23 heavy (non-hydrogen) atoms. The van der Waals surface area contributed by atoms with Crippen molar-refractivity contribution >= 4 is 0 Å². The molecule has 1 heterocycles. The van der Waals surface area contributed by atoms with Crippen LogP contribution in [0.5, 0.6) is 5.75 Å². The van der Waals surface area contributed by atoms with E-state index < -0.39 is 5.95 Å². The average Bonchev–Trinajstić information content (AvgIpc) is 2.96. The van der Waals surface area contributed by atoms with E-state index >= 15 is 0 Å². The van der Waals surface area contributed by atoms with Crippen molar-refractivity contribution < 1.29 is 9.13 Å². The number of rotatable bonds is 4. The quantitative estimate of drug-likeness (QED) is 0.737. The fraction of sp³-hybridized carbons (Fsp3) is 0.111. The molecule has 0 amide bonds. The third-order valence-corrected chi connectivity index (χ3v) is 3.56. The van der Waals surface area contributed by atoms with Gasteiger partial charge in [-0.05, 0) is 35.4 Å². The summed E-state index contributed by atoms with van der Waals surface area (Å²) in [5.41, 5.74) is 2.92. The summed E-state index contributed by atoms with van der Waals surface area (Å²) in [6.45, 7) is 0. The number of halogens is 1. The molecule has 0 aliphatic heterocycles. The molecule has 4 nitrogen and oxygen atoms in total. The first-order chi connectivity index (χ1) is 11.2. The lowest BCUT2D eigenvalue weighted by molar-refractivity contribution is 0.415. The maximum Gasteiger partial charge on any atom is 0.220 e. The predicted octanol–water partition coefficient (Wildman–Crippen LogP) is 3.75. The maximum absolute atomic E-state index is 14.2. The van der Waals surface area contributed by atoms with Gasteiger partial charge in [-0.25, -0.2) is 4.68 Å².